The molecule has 11 aromatic carbocycles. The summed E-state index contributed by atoms with van der Waals surface area (Å²) in [5.74, 6) is 0. The van der Waals surface area contributed by atoms with Gasteiger partial charge in [0.15, 0.2) is 0 Å². The molecule has 0 saturated carbocycles. The van der Waals surface area contributed by atoms with Crippen molar-refractivity contribution in [2.75, 3.05) is 9.80 Å². The standard InChI is InChI=1S/C70H45BN2/c1-42-36-38-60-58(40-42)71-59-41-43(2)37-39-61(59)73(63-33-16-25-51-49-23-8-14-31-57(49)70(67(51)63)54-28-11-5-20-46(54)47-21-6-12-29-55(47)70)65-35-17-34-64(68(65)71)72(60)62-32-15-24-50-48-22-7-13-30-56(48)69(66(50)62)52-26-9-3-18-44(52)45-19-4-10-27-53(45)69/h3-41H,1-2H3. The third-order valence-corrected chi connectivity index (χ3v) is 17.8. The van der Waals surface area contributed by atoms with Crippen LogP contribution in [0.25, 0.3) is 44.5 Å². The predicted octanol–water partition coefficient (Wildman–Crippen LogP) is 15.1. The lowest BCUT2D eigenvalue weighted by atomic mass is 9.33. The van der Waals surface area contributed by atoms with Gasteiger partial charge in [-0.25, -0.2) is 0 Å². The number of aryl methyl sites for hydroxylation is 2. The lowest BCUT2D eigenvalue weighted by Gasteiger charge is -2.46. The maximum atomic E-state index is 2.66. The molecule has 73 heavy (non-hydrogen) atoms. The minimum absolute atomic E-state index is 0.00444. The summed E-state index contributed by atoms with van der Waals surface area (Å²) in [5.41, 5.74) is 34.1. The van der Waals surface area contributed by atoms with E-state index >= 15 is 0 Å². The van der Waals surface area contributed by atoms with Gasteiger partial charge in [-0.15, -0.1) is 0 Å². The van der Waals surface area contributed by atoms with E-state index in [1.807, 2.05) is 0 Å². The number of fused-ring (bicyclic) bond motifs is 24. The summed E-state index contributed by atoms with van der Waals surface area (Å²) in [6.07, 6.45) is 0. The van der Waals surface area contributed by atoms with E-state index < -0.39 is 10.8 Å². The van der Waals surface area contributed by atoms with Crippen molar-refractivity contribution in [1.29, 1.82) is 0 Å². The first-order valence-corrected chi connectivity index (χ1v) is 25.9. The van der Waals surface area contributed by atoms with Gasteiger partial charge in [0, 0.05) is 33.9 Å². The van der Waals surface area contributed by atoms with Crippen molar-refractivity contribution in [3.8, 4) is 44.5 Å². The van der Waals surface area contributed by atoms with Gasteiger partial charge in [-0.2, -0.15) is 0 Å². The van der Waals surface area contributed by atoms with Crippen LogP contribution in [0.15, 0.2) is 237 Å². The number of rotatable bonds is 2. The van der Waals surface area contributed by atoms with Crippen molar-refractivity contribution >= 4 is 57.2 Å². The minimum atomic E-state index is -0.524. The van der Waals surface area contributed by atoms with Crippen LogP contribution in [0.2, 0.25) is 0 Å². The van der Waals surface area contributed by atoms with Crippen molar-refractivity contribution in [3.05, 3.63) is 292 Å². The Balaban J connectivity index is 0.976. The molecule has 0 fully saturated rings. The molecule has 0 unspecified atom stereocenters. The van der Waals surface area contributed by atoms with Crippen LogP contribution in [0.1, 0.15) is 55.6 Å². The van der Waals surface area contributed by atoms with Gasteiger partial charge in [0.05, 0.1) is 22.2 Å². The van der Waals surface area contributed by atoms with Gasteiger partial charge in [-0.3, -0.25) is 0 Å². The van der Waals surface area contributed by atoms with Crippen LogP contribution in [0.4, 0.5) is 34.1 Å². The Morgan fingerprint density at radius 2 is 0.562 bits per heavy atom. The molecule has 338 valence electrons. The molecule has 2 heterocycles. The molecule has 3 heteroatoms. The second kappa shape index (κ2) is 13.9. The average molecular weight is 925 g/mol. The van der Waals surface area contributed by atoms with Gasteiger partial charge in [0.25, 0.3) is 6.71 Å². The van der Waals surface area contributed by atoms with Crippen molar-refractivity contribution in [3.63, 3.8) is 0 Å². The van der Waals surface area contributed by atoms with Crippen LogP contribution in [0.3, 0.4) is 0 Å². The number of hydrogen-bond acceptors (Lipinski definition) is 2. The van der Waals surface area contributed by atoms with Crippen LogP contribution in [0.5, 0.6) is 0 Å². The van der Waals surface area contributed by atoms with Gasteiger partial charge in [0.1, 0.15) is 0 Å². The molecule has 0 bridgehead atoms. The van der Waals surface area contributed by atoms with E-state index in [1.54, 1.807) is 0 Å². The first-order valence-electron chi connectivity index (χ1n) is 25.9. The smallest absolute Gasteiger partial charge is 0.252 e. The third kappa shape index (κ3) is 4.65. The maximum Gasteiger partial charge on any atom is 0.252 e. The Morgan fingerprint density at radius 3 is 0.918 bits per heavy atom. The van der Waals surface area contributed by atoms with Gasteiger partial charge in [0.2, 0.25) is 0 Å². The Hall–Kier alpha value is -8.92. The molecule has 11 aromatic rings. The molecule has 17 rings (SSSR count). The maximum absolute atomic E-state index is 2.66. The zero-order valence-corrected chi connectivity index (χ0v) is 40.5. The average Bonchev–Trinajstić information content (AvgIpc) is 4.23. The van der Waals surface area contributed by atoms with E-state index in [2.05, 4.69) is 260 Å². The summed E-state index contributed by atoms with van der Waals surface area (Å²) in [4.78, 5) is 5.32. The molecule has 0 N–H and O–H groups in total. The monoisotopic (exact) mass is 924 g/mol. The summed E-state index contributed by atoms with van der Waals surface area (Å²) >= 11 is 0. The molecular formula is C70H45BN2. The molecular weight excluding hydrogens is 880 g/mol. The fourth-order valence-corrected chi connectivity index (χ4v) is 15.3. The van der Waals surface area contributed by atoms with E-state index in [1.165, 1.54) is 151 Å². The number of hydrogen-bond donors (Lipinski definition) is 0. The van der Waals surface area contributed by atoms with E-state index in [4.69, 9.17) is 0 Å². The van der Waals surface area contributed by atoms with Gasteiger partial charge in [-0.05, 0) is 145 Å². The quantitative estimate of drug-likeness (QED) is 0.159. The Bertz CT molecular complexity index is 3900. The number of anilines is 6. The summed E-state index contributed by atoms with van der Waals surface area (Å²) in [7, 11) is 0. The highest BCUT2D eigenvalue weighted by Crippen LogP contribution is 2.67. The van der Waals surface area contributed by atoms with Crippen LogP contribution < -0.4 is 26.2 Å². The molecule has 0 radical (unpaired) electrons. The molecule has 0 atom stereocenters. The summed E-state index contributed by atoms with van der Waals surface area (Å²) < 4.78 is 0. The van der Waals surface area contributed by atoms with Crippen LogP contribution >= 0.6 is 0 Å². The Morgan fingerprint density at radius 1 is 0.274 bits per heavy atom. The van der Waals surface area contributed by atoms with Crippen LogP contribution in [0, 0.1) is 13.8 Å². The fraction of sp³-hybridized carbons (Fsp3) is 0.0571. The highest BCUT2D eigenvalue weighted by molar-refractivity contribution is 7.00. The van der Waals surface area contributed by atoms with Crippen molar-refractivity contribution in [2.24, 2.45) is 0 Å². The van der Waals surface area contributed by atoms with Gasteiger partial charge < -0.3 is 9.80 Å². The first-order chi connectivity index (χ1) is 36.1. The summed E-state index contributed by atoms with van der Waals surface area (Å²) in [6.45, 7) is 4.52. The second-order valence-electron chi connectivity index (χ2n) is 21.1. The highest BCUT2D eigenvalue weighted by Gasteiger charge is 2.56. The van der Waals surface area contributed by atoms with E-state index in [-0.39, 0.29) is 6.71 Å². The molecule has 0 aromatic heterocycles. The van der Waals surface area contributed by atoms with E-state index in [0.29, 0.717) is 0 Å². The van der Waals surface area contributed by atoms with Crippen LogP contribution in [-0.4, -0.2) is 6.71 Å². The molecule has 2 spiro atoms. The Kier molecular flexibility index (Phi) is 7.59. The molecule has 0 amide bonds. The molecule has 2 aliphatic heterocycles. The normalized spacial score (nSPS) is 15.1. The highest BCUT2D eigenvalue weighted by atomic mass is 15.2. The SMILES string of the molecule is Cc1ccc2c(c1)B1c3cc(C)ccc3N(c3cccc4c3C3(c5ccccc5-c5ccccc53)c3ccccc3-4)c3cccc(c31)N2c1cccc2c1C1(c3ccccc3-c3ccccc31)c1ccccc1-2. The van der Waals surface area contributed by atoms with E-state index in [9.17, 15) is 0 Å². The fourth-order valence-electron chi connectivity index (χ4n) is 15.3. The van der Waals surface area contributed by atoms with Crippen molar-refractivity contribution < 1.29 is 0 Å². The predicted molar refractivity (Wildman–Crippen MR) is 303 cm³/mol. The zero-order valence-electron chi connectivity index (χ0n) is 40.5. The molecule has 0 saturated heterocycles. The van der Waals surface area contributed by atoms with E-state index in [0.717, 1.165) is 0 Å². The topological polar surface area (TPSA) is 6.48 Å². The number of nitrogens with zero attached hydrogens (tertiary/aromatic N) is 2. The third-order valence-electron chi connectivity index (χ3n) is 17.8. The van der Waals surface area contributed by atoms with Gasteiger partial charge >= 0.3 is 0 Å². The second-order valence-corrected chi connectivity index (χ2v) is 21.1. The molecule has 6 aliphatic rings. The molecule has 4 aliphatic carbocycles. The lowest BCUT2D eigenvalue weighted by Crippen LogP contribution is -2.61. The Labute approximate surface area is 426 Å². The summed E-state index contributed by atoms with van der Waals surface area (Å²) in [6, 6.07) is 90.9. The van der Waals surface area contributed by atoms with Crippen molar-refractivity contribution in [1.82, 2.24) is 0 Å². The zero-order chi connectivity index (χ0) is 47.9. The lowest BCUT2D eigenvalue weighted by molar-refractivity contribution is 0.792. The van der Waals surface area contributed by atoms with Crippen molar-refractivity contribution in [2.45, 2.75) is 24.7 Å². The van der Waals surface area contributed by atoms with Gasteiger partial charge in [-0.1, -0.05) is 211 Å². The number of benzene rings is 11. The molecule has 2 nitrogen and oxygen atoms in total. The minimum Gasteiger partial charge on any atom is -0.311 e. The summed E-state index contributed by atoms with van der Waals surface area (Å²) in [5, 5.41) is 0. The first kappa shape index (κ1) is 39.8. The van der Waals surface area contributed by atoms with Crippen LogP contribution in [-0.2, 0) is 10.8 Å². The largest absolute Gasteiger partial charge is 0.311 e.